The number of phosphoric ester groups is 2. The number of carbonyl (C=O) groups excluding carboxylic acids is 4. The molecule has 0 aliphatic heterocycles. The van der Waals surface area contributed by atoms with Crippen molar-refractivity contribution in [1.82, 2.24) is 0 Å². The van der Waals surface area contributed by atoms with Gasteiger partial charge in [0.25, 0.3) is 0 Å². The third-order valence-electron chi connectivity index (χ3n) is 16.2. The molecule has 522 valence electrons. The van der Waals surface area contributed by atoms with Crippen LogP contribution in [0.25, 0.3) is 0 Å². The van der Waals surface area contributed by atoms with Crippen molar-refractivity contribution in [2.75, 3.05) is 39.6 Å². The molecule has 0 aromatic heterocycles. The summed E-state index contributed by atoms with van der Waals surface area (Å²) in [5.74, 6) is 0.859. The maximum Gasteiger partial charge on any atom is 0.472 e. The molecule has 0 saturated heterocycles. The van der Waals surface area contributed by atoms with Crippen LogP contribution in [-0.2, 0) is 65.4 Å². The minimum atomic E-state index is -4.95. The van der Waals surface area contributed by atoms with Crippen LogP contribution in [0.5, 0.6) is 0 Å². The van der Waals surface area contributed by atoms with Crippen molar-refractivity contribution in [2.45, 2.75) is 356 Å². The number of ether oxygens (including phenoxy) is 4. The summed E-state index contributed by atoms with van der Waals surface area (Å²) in [5.41, 5.74) is 0. The lowest BCUT2D eigenvalue weighted by atomic mass is 9.99. The Morgan fingerprint density at radius 2 is 0.545 bits per heavy atom. The van der Waals surface area contributed by atoms with Crippen molar-refractivity contribution in [3.63, 3.8) is 0 Å². The van der Waals surface area contributed by atoms with Crippen LogP contribution in [0.1, 0.15) is 338 Å². The van der Waals surface area contributed by atoms with Gasteiger partial charge in [0.15, 0.2) is 12.2 Å². The molecule has 0 aromatic carbocycles. The molecule has 17 nitrogen and oxygen atoms in total. The minimum Gasteiger partial charge on any atom is -0.462 e. The van der Waals surface area contributed by atoms with Crippen LogP contribution in [0.2, 0.25) is 0 Å². The van der Waals surface area contributed by atoms with E-state index in [2.05, 4.69) is 55.4 Å². The SMILES string of the molecule is CCC(C)CCCCCCCCCCCCC(=O)O[C@H](COC(=O)CCCCCCCCCCC(C)C)COP(=O)(O)OCC(O)COP(=O)(O)OC[C@@H](COC(=O)CCCCCCCCCCCC(C)C)OC(=O)CCCCCCCCCCC(C)C. The molecule has 3 N–H and O–H groups in total. The molecular weight excluding hydrogens is 1160 g/mol. The van der Waals surface area contributed by atoms with Crippen molar-refractivity contribution in [2.24, 2.45) is 23.7 Å². The van der Waals surface area contributed by atoms with E-state index in [1.54, 1.807) is 0 Å². The van der Waals surface area contributed by atoms with Crippen molar-refractivity contribution >= 4 is 39.5 Å². The second kappa shape index (κ2) is 58.8. The highest BCUT2D eigenvalue weighted by Crippen LogP contribution is 2.45. The molecule has 19 heteroatoms. The zero-order valence-corrected chi connectivity index (χ0v) is 59.1. The number of rotatable bonds is 66. The first kappa shape index (κ1) is 86.1. The number of carbonyl (C=O) groups is 4. The van der Waals surface area contributed by atoms with Gasteiger partial charge in [-0.1, -0.05) is 287 Å². The average Bonchev–Trinajstić information content (AvgIpc) is 3.60. The van der Waals surface area contributed by atoms with Crippen LogP contribution in [0.4, 0.5) is 0 Å². The first-order valence-electron chi connectivity index (χ1n) is 35.7. The predicted octanol–water partition coefficient (Wildman–Crippen LogP) is 19.3. The number of hydrogen-bond donors (Lipinski definition) is 3. The fourth-order valence-electron chi connectivity index (χ4n) is 10.3. The Hall–Kier alpha value is -1.94. The van der Waals surface area contributed by atoms with E-state index in [9.17, 15) is 43.2 Å². The van der Waals surface area contributed by atoms with Gasteiger partial charge in [-0.15, -0.1) is 0 Å². The molecule has 0 saturated carbocycles. The molecule has 0 aliphatic carbocycles. The maximum atomic E-state index is 13.0. The third-order valence-corrected chi connectivity index (χ3v) is 18.1. The van der Waals surface area contributed by atoms with Crippen LogP contribution in [0, 0.1) is 23.7 Å². The van der Waals surface area contributed by atoms with Gasteiger partial charge < -0.3 is 33.8 Å². The lowest BCUT2D eigenvalue weighted by Crippen LogP contribution is -2.30. The van der Waals surface area contributed by atoms with E-state index >= 15 is 0 Å². The van der Waals surface area contributed by atoms with Crippen LogP contribution in [0.15, 0.2) is 0 Å². The lowest BCUT2D eigenvalue weighted by molar-refractivity contribution is -0.161. The van der Waals surface area contributed by atoms with Gasteiger partial charge in [-0.3, -0.25) is 37.3 Å². The van der Waals surface area contributed by atoms with E-state index in [0.29, 0.717) is 25.7 Å². The molecule has 4 unspecified atom stereocenters. The highest BCUT2D eigenvalue weighted by Gasteiger charge is 2.30. The monoisotopic (exact) mass is 1300 g/mol. The number of esters is 4. The second-order valence-corrected chi connectivity index (χ2v) is 29.5. The Bertz CT molecular complexity index is 1750. The standard InChI is InChI=1S/C69H134O17P2/c1-9-62(8)48-40-32-24-14-10-11-15-27-35-43-51-68(73)85-64(56-80-67(72)50-42-34-26-19-17-22-30-38-46-60(4)5)57-83-87(75,76)81-53-63(70)54-82-88(77,78)84-58-65(86-69(74)52-44-36-28-20-18-23-31-39-47-61(6)7)55-79-66(71)49-41-33-25-16-12-13-21-29-37-45-59(2)3/h59-65,70H,9-58H2,1-8H3,(H,75,76)(H,77,78)/t62?,63?,64-,65-/m1/s1. The van der Waals surface area contributed by atoms with Crippen LogP contribution in [0.3, 0.4) is 0 Å². The van der Waals surface area contributed by atoms with Crippen LogP contribution < -0.4 is 0 Å². The summed E-state index contributed by atoms with van der Waals surface area (Å²) >= 11 is 0. The van der Waals surface area contributed by atoms with Crippen molar-refractivity contribution in [1.29, 1.82) is 0 Å². The smallest absolute Gasteiger partial charge is 0.462 e. The molecule has 6 atom stereocenters. The molecule has 0 radical (unpaired) electrons. The average molecular weight is 1300 g/mol. The topological polar surface area (TPSA) is 237 Å². The van der Waals surface area contributed by atoms with E-state index < -0.39 is 97.5 Å². The second-order valence-electron chi connectivity index (χ2n) is 26.6. The summed E-state index contributed by atoms with van der Waals surface area (Å²) in [5, 5.41) is 10.6. The summed E-state index contributed by atoms with van der Waals surface area (Å²) in [6, 6.07) is 0. The summed E-state index contributed by atoms with van der Waals surface area (Å²) in [6.45, 7) is 14.1. The Labute approximate surface area is 537 Å². The zero-order chi connectivity index (χ0) is 65.4. The Morgan fingerprint density at radius 1 is 0.318 bits per heavy atom. The number of unbranched alkanes of at least 4 members (excludes halogenated alkanes) is 31. The number of aliphatic hydroxyl groups excluding tert-OH is 1. The molecule has 88 heavy (non-hydrogen) atoms. The van der Waals surface area contributed by atoms with Crippen molar-refractivity contribution in [3.8, 4) is 0 Å². The molecule has 0 aromatic rings. The molecule has 0 rings (SSSR count). The van der Waals surface area contributed by atoms with E-state index in [4.69, 9.17) is 37.0 Å². The fourth-order valence-corrected chi connectivity index (χ4v) is 11.9. The highest BCUT2D eigenvalue weighted by molar-refractivity contribution is 7.47. The van der Waals surface area contributed by atoms with Gasteiger partial charge >= 0.3 is 39.5 Å². The van der Waals surface area contributed by atoms with Gasteiger partial charge in [0, 0.05) is 25.7 Å². The van der Waals surface area contributed by atoms with Gasteiger partial charge in [0.2, 0.25) is 0 Å². The van der Waals surface area contributed by atoms with Gasteiger partial charge in [-0.2, -0.15) is 0 Å². The first-order chi connectivity index (χ1) is 42.1. The molecule has 0 amide bonds. The predicted molar refractivity (Wildman–Crippen MR) is 354 cm³/mol. The maximum absolute atomic E-state index is 13.0. The summed E-state index contributed by atoms with van der Waals surface area (Å²) in [7, 11) is -9.90. The molecule has 0 aliphatic rings. The number of aliphatic hydroxyl groups is 1. The van der Waals surface area contributed by atoms with Gasteiger partial charge in [0.1, 0.15) is 19.3 Å². The summed E-state index contributed by atoms with van der Waals surface area (Å²) in [6.07, 6.45) is 40.3. The first-order valence-corrected chi connectivity index (χ1v) is 38.7. The number of phosphoric acid groups is 2. The Kier molecular flexibility index (Phi) is 57.6. The van der Waals surface area contributed by atoms with E-state index in [0.717, 1.165) is 114 Å². The van der Waals surface area contributed by atoms with Gasteiger partial charge in [-0.25, -0.2) is 9.13 Å². The molecule has 0 bridgehead atoms. The third kappa shape index (κ3) is 61.6. The zero-order valence-electron chi connectivity index (χ0n) is 57.3. The van der Waals surface area contributed by atoms with Gasteiger partial charge in [0.05, 0.1) is 26.4 Å². The molecule has 0 fully saturated rings. The van der Waals surface area contributed by atoms with E-state index in [-0.39, 0.29) is 25.7 Å². The Balaban J connectivity index is 5.27. The summed E-state index contributed by atoms with van der Waals surface area (Å²) in [4.78, 5) is 72.5. The normalized spacial score (nSPS) is 14.6. The molecule has 0 spiro atoms. The Morgan fingerprint density at radius 3 is 0.807 bits per heavy atom. The van der Waals surface area contributed by atoms with Crippen LogP contribution >= 0.6 is 15.6 Å². The highest BCUT2D eigenvalue weighted by atomic mass is 31.2. The lowest BCUT2D eigenvalue weighted by Gasteiger charge is -2.21. The number of hydrogen-bond acceptors (Lipinski definition) is 15. The summed E-state index contributed by atoms with van der Waals surface area (Å²) < 4.78 is 68.2. The largest absolute Gasteiger partial charge is 0.472 e. The fraction of sp³-hybridized carbons (Fsp3) is 0.942. The van der Waals surface area contributed by atoms with Crippen molar-refractivity contribution in [3.05, 3.63) is 0 Å². The van der Waals surface area contributed by atoms with Gasteiger partial charge in [-0.05, 0) is 49.4 Å². The van der Waals surface area contributed by atoms with Crippen LogP contribution in [-0.4, -0.2) is 96.7 Å². The molecule has 0 heterocycles. The van der Waals surface area contributed by atoms with Crippen molar-refractivity contribution < 1.29 is 80.2 Å². The molecular formula is C69H134O17P2. The van der Waals surface area contributed by atoms with E-state index in [1.165, 1.54) is 141 Å². The van der Waals surface area contributed by atoms with E-state index in [1.807, 2.05) is 0 Å². The minimum absolute atomic E-state index is 0.103. The quantitative estimate of drug-likeness (QED) is 0.0222.